The van der Waals surface area contributed by atoms with Gasteiger partial charge in [-0.1, -0.05) is 15.9 Å². The minimum Gasteiger partial charge on any atom is -0.382 e. The third kappa shape index (κ3) is 2.30. The van der Waals surface area contributed by atoms with Gasteiger partial charge in [-0.05, 0) is 18.2 Å². The van der Waals surface area contributed by atoms with Crippen LogP contribution in [0, 0.1) is 5.82 Å². The molecular formula is C11H8BrFN4O. The van der Waals surface area contributed by atoms with E-state index in [0.717, 1.165) is 0 Å². The van der Waals surface area contributed by atoms with E-state index >= 15 is 0 Å². The second-order valence-electron chi connectivity index (χ2n) is 3.48. The fraction of sp³-hybridized carbons (Fsp3) is 0. The highest BCUT2D eigenvalue weighted by molar-refractivity contribution is 9.10. The summed E-state index contributed by atoms with van der Waals surface area (Å²) >= 11 is 3.22. The second-order valence-corrected chi connectivity index (χ2v) is 4.39. The number of benzene rings is 1. The maximum atomic E-state index is 13.7. The molecule has 1 amide bonds. The molecule has 0 radical (unpaired) electrons. The van der Waals surface area contributed by atoms with Crippen LogP contribution in [-0.2, 0) is 0 Å². The molecule has 0 atom stereocenters. The van der Waals surface area contributed by atoms with Gasteiger partial charge < -0.3 is 11.5 Å². The van der Waals surface area contributed by atoms with Gasteiger partial charge in [0.05, 0.1) is 11.9 Å². The lowest BCUT2D eigenvalue weighted by molar-refractivity contribution is 0.0996. The van der Waals surface area contributed by atoms with Crippen LogP contribution >= 0.6 is 15.9 Å². The van der Waals surface area contributed by atoms with Crippen molar-refractivity contribution in [2.45, 2.75) is 0 Å². The summed E-state index contributed by atoms with van der Waals surface area (Å²) in [6.45, 7) is 0. The van der Waals surface area contributed by atoms with Crippen molar-refractivity contribution in [2.24, 2.45) is 5.73 Å². The molecule has 1 heterocycles. The van der Waals surface area contributed by atoms with Crippen LogP contribution in [0.25, 0.3) is 11.3 Å². The highest BCUT2D eigenvalue weighted by Gasteiger charge is 2.13. The molecule has 0 unspecified atom stereocenters. The molecule has 0 aliphatic rings. The fourth-order valence-corrected chi connectivity index (χ4v) is 1.76. The van der Waals surface area contributed by atoms with Crippen molar-refractivity contribution in [1.29, 1.82) is 0 Å². The maximum Gasteiger partial charge on any atom is 0.271 e. The Kier molecular flexibility index (Phi) is 3.24. The Balaban J connectivity index is 2.61. The van der Waals surface area contributed by atoms with Crippen LogP contribution in [0.5, 0.6) is 0 Å². The highest BCUT2D eigenvalue weighted by Crippen LogP contribution is 2.25. The Hall–Kier alpha value is -2.02. The summed E-state index contributed by atoms with van der Waals surface area (Å²) in [5, 5.41) is 0. The van der Waals surface area contributed by atoms with Crippen LogP contribution in [0.2, 0.25) is 0 Å². The van der Waals surface area contributed by atoms with Gasteiger partial charge in [-0.2, -0.15) is 0 Å². The zero-order chi connectivity index (χ0) is 13.3. The Labute approximate surface area is 110 Å². The van der Waals surface area contributed by atoms with Gasteiger partial charge in [0.25, 0.3) is 5.91 Å². The van der Waals surface area contributed by atoms with Crippen LogP contribution in [-0.4, -0.2) is 15.9 Å². The van der Waals surface area contributed by atoms with E-state index in [2.05, 4.69) is 25.9 Å². The lowest BCUT2D eigenvalue weighted by Crippen LogP contribution is -2.17. The first-order valence-electron chi connectivity index (χ1n) is 4.87. The minimum atomic E-state index is -0.808. The first-order chi connectivity index (χ1) is 8.49. The molecule has 1 aromatic heterocycles. The van der Waals surface area contributed by atoms with E-state index in [-0.39, 0.29) is 22.8 Å². The zero-order valence-electron chi connectivity index (χ0n) is 9.02. The van der Waals surface area contributed by atoms with E-state index in [1.807, 2.05) is 0 Å². The molecular weight excluding hydrogens is 303 g/mol. The largest absolute Gasteiger partial charge is 0.382 e. The van der Waals surface area contributed by atoms with Crippen LogP contribution in [0.15, 0.2) is 28.9 Å². The SMILES string of the molecule is NC(=O)c1nc(-c2cc(Br)ccc2F)cnc1N. The molecule has 18 heavy (non-hydrogen) atoms. The number of hydrogen-bond acceptors (Lipinski definition) is 4. The Morgan fingerprint density at radius 1 is 1.39 bits per heavy atom. The maximum absolute atomic E-state index is 13.7. The standard InChI is InChI=1S/C11H8BrFN4O/c12-5-1-2-7(13)6(3-5)8-4-16-10(14)9(17-8)11(15)18/h1-4H,(H2,14,16)(H2,15,18). The van der Waals surface area contributed by atoms with Crippen molar-refractivity contribution in [3.8, 4) is 11.3 Å². The van der Waals surface area contributed by atoms with E-state index in [9.17, 15) is 9.18 Å². The van der Waals surface area contributed by atoms with E-state index < -0.39 is 11.7 Å². The van der Waals surface area contributed by atoms with E-state index in [1.165, 1.54) is 18.3 Å². The summed E-state index contributed by atoms with van der Waals surface area (Å²) in [4.78, 5) is 18.8. The van der Waals surface area contributed by atoms with Crippen molar-refractivity contribution in [1.82, 2.24) is 9.97 Å². The first kappa shape index (κ1) is 12.4. The van der Waals surface area contributed by atoms with Crippen molar-refractivity contribution >= 4 is 27.7 Å². The number of carbonyl (C=O) groups excluding carboxylic acids is 1. The number of halogens is 2. The predicted octanol–water partition coefficient (Wildman–Crippen LogP) is 1.73. The molecule has 5 nitrogen and oxygen atoms in total. The van der Waals surface area contributed by atoms with Gasteiger partial charge in [0.2, 0.25) is 0 Å². The summed E-state index contributed by atoms with van der Waals surface area (Å²) < 4.78 is 14.3. The third-order valence-electron chi connectivity index (χ3n) is 2.24. The van der Waals surface area contributed by atoms with Crippen LogP contribution in [0.1, 0.15) is 10.5 Å². The quantitative estimate of drug-likeness (QED) is 0.883. The van der Waals surface area contributed by atoms with Gasteiger partial charge in [0.1, 0.15) is 5.82 Å². The molecule has 0 saturated carbocycles. The second kappa shape index (κ2) is 4.69. The lowest BCUT2D eigenvalue weighted by atomic mass is 10.1. The molecule has 0 aliphatic carbocycles. The lowest BCUT2D eigenvalue weighted by Gasteiger charge is -2.06. The van der Waals surface area contributed by atoms with E-state index in [0.29, 0.717) is 4.47 Å². The van der Waals surface area contributed by atoms with Crippen molar-refractivity contribution in [2.75, 3.05) is 5.73 Å². The number of hydrogen-bond donors (Lipinski definition) is 2. The molecule has 7 heteroatoms. The Morgan fingerprint density at radius 3 is 2.78 bits per heavy atom. The van der Waals surface area contributed by atoms with Gasteiger partial charge in [0.15, 0.2) is 11.5 Å². The average Bonchev–Trinajstić information content (AvgIpc) is 2.33. The average molecular weight is 311 g/mol. The predicted molar refractivity (Wildman–Crippen MR) is 68.1 cm³/mol. The summed E-state index contributed by atoms with van der Waals surface area (Å²) in [5.41, 5.74) is 10.8. The molecule has 92 valence electrons. The van der Waals surface area contributed by atoms with Gasteiger partial charge in [-0.15, -0.1) is 0 Å². The van der Waals surface area contributed by atoms with Gasteiger partial charge in [-0.3, -0.25) is 4.79 Å². The summed E-state index contributed by atoms with van der Waals surface area (Å²) in [5.74, 6) is -1.37. The molecule has 0 aliphatic heterocycles. The normalized spacial score (nSPS) is 10.3. The monoisotopic (exact) mass is 310 g/mol. The number of anilines is 1. The number of primary amides is 1. The third-order valence-corrected chi connectivity index (χ3v) is 2.73. The van der Waals surface area contributed by atoms with Crippen molar-refractivity contribution in [3.63, 3.8) is 0 Å². The van der Waals surface area contributed by atoms with E-state index in [1.54, 1.807) is 6.07 Å². The molecule has 0 spiro atoms. The summed E-state index contributed by atoms with van der Waals surface area (Å²) in [7, 11) is 0. The molecule has 4 N–H and O–H groups in total. The van der Waals surface area contributed by atoms with E-state index in [4.69, 9.17) is 11.5 Å². The van der Waals surface area contributed by atoms with Gasteiger partial charge >= 0.3 is 0 Å². The van der Waals surface area contributed by atoms with Crippen LogP contribution in [0.3, 0.4) is 0 Å². The molecule has 0 bridgehead atoms. The highest BCUT2D eigenvalue weighted by atomic mass is 79.9. The topological polar surface area (TPSA) is 94.9 Å². The number of aromatic nitrogens is 2. The summed E-state index contributed by atoms with van der Waals surface area (Å²) in [6, 6.07) is 4.36. The summed E-state index contributed by atoms with van der Waals surface area (Å²) in [6.07, 6.45) is 1.28. The minimum absolute atomic E-state index is 0.0818. The Morgan fingerprint density at radius 2 is 2.11 bits per heavy atom. The van der Waals surface area contributed by atoms with Crippen LogP contribution < -0.4 is 11.5 Å². The fourth-order valence-electron chi connectivity index (χ4n) is 1.40. The molecule has 0 saturated heterocycles. The number of amides is 1. The smallest absolute Gasteiger partial charge is 0.271 e. The number of nitrogens with two attached hydrogens (primary N) is 2. The number of nitrogen functional groups attached to an aromatic ring is 1. The van der Waals surface area contributed by atoms with Crippen LogP contribution in [0.4, 0.5) is 10.2 Å². The molecule has 0 fully saturated rings. The first-order valence-corrected chi connectivity index (χ1v) is 5.66. The zero-order valence-corrected chi connectivity index (χ0v) is 10.6. The number of carbonyl (C=O) groups is 1. The van der Waals surface area contributed by atoms with Crippen molar-refractivity contribution < 1.29 is 9.18 Å². The van der Waals surface area contributed by atoms with Gasteiger partial charge in [-0.25, -0.2) is 14.4 Å². The number of rotatable bonds is 2. The molecule has 2 rings (SSSR count). The number of nitrogens with zero attached hydrogens (tertiary/aromatic N) is 2. The molecule has 1 aromatic carbocycles. The molecule has 2 aromatic rings. The Bertz CT molecular complexity index is 632. The van der Waals surface area contributed by atoms with Gasteiger partial charge in [0, 0.05) is 10.0 Å². The van der Waals surface area contributed by atoms with Crippen molar-refractivity contribution in [3.05, 3.63) is 40.4 Å².